The van der Waals surface area contributed by atoms with Gasteiger partial charge in [0.2, 0.25) is 5.75 Å². The molecule has 1 aliphatic carbocycles. The minimum absolute atomic E-state index is 0.210. The van der Waals surface area contributed by atoms with Gasteiger partial charge in [-0.15, -0.1) is 13.2 Å². The average molecular weight is 464 g/mol. The Kier molecular flexibility index (Phi) is 7.25. The molecule has 0 spiro atoms. The molecule has 1 fully saturated rings. The van der Waals surface area contributed by atoms with Crippen LogP contribution in [0.1, 0.15) is 62.5 Å². The lowest BCUT2D eigenvalue weighted by atomic mass is 9.77. The fourth-order valence-corrected chi connectivity index (χ4v) is 4.16. The van der Waals surface area contributed by atoms with Crippen LogP contribution in [-0.4, -0.2) is 6.36 Å². The van der Waals surface area contributed by atoms with E-state index in [2.05, 4.69) is 16.4 Å². The summed E-state index contributed by atoms with van der Waals surface area (Å²) in [4.78, 5) is 0. The zero-order valence-corrected chi connectivity index (χ0v) is 17.3. The molecule has 0 N–H and O–H groups in total. The molecule has 2 nitrogen and oxygen atoms in total. The molecule has 0 amide bonds. The molecule has 0 heterocycles. The van der Waals surface area contributed by atoms with Gasteiger partial charge in [0.15, 0.2) is 11.6 Å². The molecule has 0 saturated heterocycles. The number of rotatable bonds is 7. The van der Waals surface area contributed by atoms with Crippen molar-refractivity contribution < 1.29 is 40.2 Å². The molecule has 9 heteroatoms. The Morgan fingerprint density at radius 2 is 1.41 bits per heavy atom. The van der Waals surface area contributed by atoms with Gasteiger partial charge in [0, 0.05) is 12.1 Å². The van der Waals surface area contributed by atoms with Crippen molar-refractivity contribution in [1.82, 2.24) is 0 Å². The van der Waals surface area contributed by atoms with Gasteiger partial charge in [-0.25, -0.2) is 8.78 Å². The molecule has 0 atom stereocenters. The predicted octanol–water partition coefficient (Wildman–Crippen LogP) is 8.07. The van der Waals surface area contributed by atoms with E-state index in [1.165, 1.54) is 18.6 Å². The van der Waals surface area contributed by atoms with E-state index in [0.29, 0.717) is 5.92 Å². The van der Waals surface area contributed by atoms with Crippen molar-refractivity contribution in [1.29, 1.82) is 0 Å². The number of ether oxygens (including phenoxy) is 2. The summed E-state index contributed by atoms with van der Waals surface area (Å²) in [5.41, 5.74) is 0.391. The molecule has 1 saturated carbocycles. The van der Waals surface area contributed by atoms with Crippen molar-refractivity contribution in [2.45, 2.75) is 63.8 Å². The van der Waals surface area contributed by atoms with Gasteiger partial charge in [0.1, 0.15) is 5.75 Å². The summed E-state index contributed by atoms with van der Waals surface area (Å²) in [6, 6.07) is 5.95. The Labute approximate surface area is 181 Å². The first-order valence-corrected chi connectivity index (χ1v) is 10.4. The zero-order chi connectivity index (χ0) is 23.5. The van der Waals surface area contributed by atoms with Crippen LogP contribution in [0.4, 0.5) is 30.7 Å². The summed E-state index contributed by atoms with van der Waals surface area (Å²) in [7, 11) is 0. The van der Waals surface area contributed by atoms with E-state index in [4.69, 9.17) is 0 Å². The summed E-state index contributed by atoms with van der Waals surface area (Å²) in [6.45, 7) is 2.15. The van der Waals surface area contributed by atoms with Crippen LogP contribution in [0.15, 0.2) is 36.4 Å². The summed E-state index contributed by atoms with van der Waals surface area (Å²) in [5.74, 6) is -5.36. The van der Waals surface area contributed by atoms with Crippen molar-refractivity contribution in [3.05, 3.63) is 59.2 Å². The maximum atomic E-state index is 14.5. The van der Waals surface area contributed by atoms with Crippen LogP contribution in [0.2, 0.25) is 0 Å². The largest absolute Gasteiger partial charge is 0.573 e. The first-order chi connectivity index (χ1) is 15.0. The molecule has 2 aromatic rings. The van der Waals surface area contributed by atoms with Crippen molar-refractivity contribution in [2.75, 3.05) is 0 Å². The molecule has 0 aliphatic heterocycles. The van der Waals surface area contributed by atoms with Crippen LogP contribution < -0.4 is 9.47 Å². The fourth-order valence-electron chi connectivity index (χ4n) is 4.16. The molecule has 0 bridgehead atoms. The minimum Gasteiger partial charge on any atom is -0.429 e. The lowest BCUT2D eigenvalue weighted by molar-refractivity contribution is -0.276. The van der Waals surface area contributed by atoms with E-state index in [1.807, 2.05) is 0 Å². The summed E-state index contributed by atoms with van der Waals surface area (Å²) >= 11 is 0. The molecule has 32 heavy (non-hydrogen) atoms. The molecular weight excluding hydrogens is 441 g/mol. The van der Waals surface area contributed by atoms with Gasteiger partial charge in [0.05, 0.1) is 5.56 Å². The number of hydrogen-bond acceptors (Lipinski definition) is 2. The SMILES string of the molecule is CCCC1CCC(c2ccc(C(F)(F)Oc3cc(F)c(OC(F)(F)F)c(F)c3)cc2)CC1. The van der Waals surface area contributed by atoms with E-state index >= 15 is 0 Å². The van der Waals surface area contributed by atoms with Crippen molar-refractivity contribution in [3.8, 4) is 11.5 Å². The quantitative estimate of drug-likeness (QED) is 0.386. The molecule has 2 aromatic carbocycles. The average Bonchev–Trinajstić information content (AvgIpc) is 2.71. The van der Waals surface area contributed by atoms with Crippen LogP contribution in [0.3, 0.4) is 0 Å². The molecule has 0 radical (unpaired) electrons. The third-order valence-corrected chi connectivity index (χ3v) is 5.70. The predicted molar refractivity (Wildman–Crippen MR) is 104 cm³/mol. The third-order valence-electron chi connectivity index (χ3n) is 5.70. The van der Waals surface area contributed by atoms with Crippen molar-refractivity contribution in [2.24, 2.45) is 5.92 Å². The monoisotopic (exact) mass is 464 g/mol. The van der Waals surface area contributed by atoms with Gasteiger partial charge in [-0.1, -0.05) is 31.9 Å². The van der Waals surface area contributed by atoms with Crippen LogP contribution in [0, 0.1) is 17.6 Å². The van der Waals surface area contributed by atoms with E-state index in [-0.39, 0.29) is 18.1 Å². The van der Waals surface area contributed by atoms with Crippen molar-refractivity contribution >= 4 is 0 Å². The first kappa shape index (κ1) is 24.2. The second kappa shape index (κ2) is 9.58. The second-order valence-corrected chi connectivity index (χ2v) is 8.01. The lowest BCUT2D eigenvalue weighted by Crippen LogP contribution is -2.23. The van der Waals surface area contributed by atoms with Gasteiger partial charge in [-0.2, -0.15) is 8.78 Å². The number of benzene rings is 2. The standard InChI is InChI=1S/C23H23F7O2/c1-2-3-14-4-6-15(7-5-14)16-8-10-17(11-9-16)22(26,27)31-18-12-19(24)21(20(25)13-18)32-23(28,29)30/h8-15H,2-7H2,1H3. The molecular formula is C23H23F7O2. The lowest BCUT2D eigenvalue weighted by Gasteiger charge is -2.29. The Morgan fingerprint density at radius 3 is 1.91 bits per heavy atom. The van der Waals surface area contributed by atoms with Crippen LogP contribution in [-0.2, 0) is 6.11 Å². The summed E-state index contributed by atoms with van der Waals surface area (Å²) < 4.78 is 101. The Morgan fingerprint density at radius 1 is 0.844 bits per heavy atom. The van der Waals surface area contributed by atoms with Crippen LogP contribution in [0.5, 0.6) is 11.5 Å². The van der Waals surface area contributed by atoms with E-state index < -0.39 is 41.2 Å². The molecule has 1 aliphatic rings. The smallest absolute Gasteiger partial charge is 0.429 e. The fraction of sp³-hybridized carbons (Fsp3) is 0.478. The van der Waals surface area contributed by atoms with Gasteiger partial charge in [-0.05, 0) is 55.2 Å². The van der Waals surface area contributed by atoms with Gasteiger partial charge in [0.25, 0.3) is 0 Å². The Hall–Kier alpha value is -2.45. The maximum absolute atomic E-state index is 14.5. The number of halogens is 7. The highest BCUT2D eigenvalue weighted by atomic mass is 19.4. The van der Waals surface area contributed by atoms with E-state index in [9.17, 15) is 30.7 Å². The summed E-state index contributed by atoms with van der Waals surface area (Å²) in [5, 5.41) is 0. The zero-order valence-electron chi connectivity index (χ0n) is 17.3. The minimum atomic E-state index is -5.34. The first-order valence-electron chi connectivity index (χ1n) is 10.4. The summed E-state index contributed by atoms with van der Waals surface area (Å²) in [6.07, 6.45) is -2.78. The maximum Gasteiger partial charge on any atom is 0.573 e. The van der Waals surface area contributed by atoms with Crippen LogP contribution >= 0.6 is 0 Å². The highest BCUT2D eigenvalue weighted by Gasteiger charge is 2.37. The topological polar surface area (TPSA) is 18.5 Å². The van der Waals surface area contributed by atoms with E-state index in [1.54, 1.807) is 12.1 Å². The number of hydrogen-bond donors (Lipinski definition) is 0. The normalized spacial score (nSPS) is 19.6. The Balaban J connectivity index is 1.69. The molecule has 176 valence electrons. The molecule has 0 aromatic heterocycles. The van der Waals surface area contributed by atoms with Crippen LogP contribution in [0.25, 0.3) is 0 Å². The Bertz CT molecular complexity index is 879. The number of alkyl halides is 5. The molecule has 3 rings (SSSR count). The highest BCUT2D eigenvalue weighted by molar-refractivity contribution is 5.36. The van der Waals surface area contributed by atoms with Gasteiger partial charge >= 0.3 is 12.5 Å². The second-order valence-electron chi connectivity index (χ2n) is 8.01. The van der Waals surface area contributed by atoms with Crippen molar-refractivity contribution in [3.63, 3.8) is 0 Å². The van der Waals surface area contributed by atoms with E-state index in [0.717, 1.165) is 37.7 Å². The highest BCUT2D eigenvalue weighted by Crippen LogP contribution is 2.39. The van der Waals surface area contributed by atoms with Gasteiger partial charge in [-0.3, -0.25) is 0 Å². The van der Waals surface area contributed by atoms with Gasteiger partial charge < -0.3 is 9.47 Å². The molecule has 0 unspecified atom stereocenters. The third kappa shape index (κ3) is 6.07.